The van der Waals surface area contributed by atoms with E-state index in [4.69, 9.17) is 8.84 Å². The van der Waals surface area contributed by atoms with E-state index in [9.17, 15) is 4.79 Å². The van der Waals surface area contributed by atoms with Crippen LogP contribution in [0.2, 0.25) is 18.1 Å². The lowest BCUT2D eigenvalue weighted by atomic mass is 10.0. The number of amides is 1. The first kappa shape index (κ1) is 25.7. The molecule has 188 valence electrons. The molecule has 1 aliphatic heterocycles. The molecule has 2 aromatic carbocycles. The Morgan fingerprint density at radius 1 is 1.14 bits per heavy atom. The predicted molar refractivity (Wildman–Crippen MR) is 145 cm³/mol. The number of rotatable bonds is 8. The molecule has 2 unspecified atom stereocenters. The number of nitrogens with zero attached hydrogens (tertiary/aromatic N) is 2. The van der Waals surface area contributed by atoms with Crippen molar-refractivity contribution in [3.8, 4) is 0 Å². The molecule has 1 saturated heterocycles. The van der Waals surface area contributed by atoms with E-state index in [0.717, 1.165) is 42.6 Å². The van der Waals surface area contributed by atoms with Crippen molar-refractivity contribution >= 4 is 25.2 Å². The van der Waals surface area contributed by atoms with E-state index in [-0.39, 0.29) is 23.1 Å². The fourth-order valence-corrected chi connectivity index (χ4v) is 6.08. The highest BCUT2D eigenvalue weighted by molar-refractivity contribution is 6.74. The topological polar surface area (TPSA) is 45.9 Å². The van der Waals surface area contributed by atoms with E-state index in [2.05, 4.69) is 63.0 Å². The van der Waals surface area contributed by atoms with Crippen LogP contribution in [0.5, 0.6) is 0 Å². The molecule has 0 saturated carbocycles. The lowest BCUT2D eigenvalue weighted by Crippen LogP contribution is -2.45. The zero-order chi connectivity index (χ0) is 25.2. The second kappa shape index (κ2) is 10.3. The average Bonchev–Trinajstić information content (AvgIpc) is 3.46. The third-order valence-corrected chi connectivity index (χ3v) is 12.4. The van der Waals surface area contributed by atoms with Crippen LogP contribution in [0.3, 0.4) is 0 Å². The number of carbonyl (C=O) groups excluding carboxylic acids is 1. The SMILES string of the molecule is CN(C(=O)Cc1cccc2occc12)C(CN1CCC(O[Si](C)(C)C(C)(C)C)C1)c1ccccc1. The van der Waals surface area contributed by atoms with Crippen LogP contribution < -0.4 is 0 Å². The summed E-state index contributed by atoms with van der Waals surface area (Å²) >= 11 is 0. The number of likely N-dealkylation sites (N-methyl/N-ethyl adjacent to an activating group) is 1. The summed E-state index contributed by atoms with van der Waals surface area (Å²) in [6.45, 7) is 14.3. The van der Waals surface area contributed by atoms with Gasteiger partial charge in [-0.25, -0.2) is 0 Å². The van der Waals surface area contributed by atoms with E-state index in [1.165, 1.54) is 5.56 Å². The first-order valence-electron chi connectivity index (χ1n) is 12.7. The molecule has 2 atom stereocenters. The van der Waals surface area contributed by atoms with E-state index >= 15 is 0 Å². The molecule has 1 amide bonds. The van der Waals surface area contributed by atoms with Gasteiger partial charge in [0.25, 0.3) is 0 Å². The molecule has 1 fully saturated rings. The first-order valence-corrected chi connectivity index (χ1v) is 15.6. The summed E-state index contributed by atoms with van der Waals surface area (Å²) in [6.07, 6.45) is 3.36. The lowest BCUT2D eigenvalue weighted by Gasteiger charge is -2.38. The Balaban J connectivity index is 1.47. The molecule has 5 nitrogen and oxygen atoms in total. The van der Waals surface area contributed by atoms with E-state index in [1.807, 2.05) is 42.3 Å². The first-order chi connectivity index (χ1) is 16.5. The van der Waals surface area contributed by atoms with Gasteiger partial charge < -0.3 is 13.7 Å². The highest BCUT2D eigenvalue weighted by Crippen LogP contribution is 2.38. The van der Waals surface area contributed by atoms with Gasteiger partial charge in [-0.15, -0.1) is 0 Å². The van der Waals surface area contributed by atoms with Crippen molar-refractivity contribution in [2.75, 3.05) is 26.7 Å². The van der Waals surface area contributed by atoms with Crippen LogP contribution in [-0.2, 0) is 15.6 Å². The standard InChI is InChI=1S/C29H40N2O3Si/c1-29(2,3)35(5,6)34-24-15-17-31(20-24)21-26(22-11-8-7-9-12-22)30(4)28(32)19-23-13-10-14-27-25(23)16-18-33-27/h7-14,16,18,24,26H,15,17,19-21H2,1-6H3. The van der Waals surface area contributed by atoms with Crippen molar-refractivity contribution in [1.82, 2.24) is 9.80 Å². The van der Waals surface area contributed by atoms with Gasteiger partial charge in [-0.2, -0.15) is 0 Å². The van der Waals surface area contributed by atoms with Crippen LogP contribution in [0.25, 0.3) is 11.0 Å². The molecule has 6 heteroatoms. The van der Waals surface area contributed by atoms with Crippen LogP contribution in [0.1, 0.15) is 44.4 Å². The minimum atomic E-state index is -1.80. The Labute approximate surface area is 211 Å². The fourth-order valence-electron chi connectivity index (χ4n) is 4.70. The summed E-state index contributed by atoms with van der Waals surface area (Å²) in [5.41, 5.74) is 2.99. The van der Waals surface area contributed by atoms with E-state index in [0.29, 0.717) is 6.42 Å². The molecule has 0 spiro atoms. The van der Waals surface area contributed by atoms with Gasteiger partial charge in [-0.05, 0) is 47.8 Å². The Kier molecular flexibility index (Phi) is 7.55. The Morgan fingerprint density at radius 3 is 2.60 bits per heavy atom. The van der Waals surface area contributed by atoms with Crippen LogP contribution in [-0.4, -0.2) is 56.8 Å². The van der Waals surface area contributed by atoms with Crippen molar-refractivity contribution in [2.45, 2.75) is 63.9 Å². The van der Waals surface area contributed by atoms with Gasteiger partial charge in [0.15, 0.2) is 8.32 Å². The second-order valence-electron chi connectivity index (χ2n) is 11.4. The third kappa shape index (κ3) is 5.88. The van der Waals surface area contributed by atoms with Gasteiger partial charge in [0.1, 0.15) is 5.58 Å². The molecule has 1 aromatic heterocycles. The fraction of sp³-hybridized carbons (Fsp3) is 0.483. The maximum atomic E-state index is 13.5. The molecule has 3 aromatic rings. The van der Waals surface area contributed by atoms with Crippen LogP contribution in [0, 0.1) is 0 Å². The number of carbonyl (C=O) groups is 1. The third-order valence-electron chi connectivity index (χ3n) is 7.90. The zero-order valence-corrected chi connectivity index (χ0v) is 23.1. The zero-order valence-electron chi connectivity index (χ0n) is 22.1. The maximum absolute atomic E-state index is 13.5. The second-order valence-corrected chi connectivity index (χ2v) is 16.2. The summed E-state index contributed by atoms with van der Waals surface area (Å²) in [4.78, 5) is 17.9. The molecule has 2 heterocycles. The summed E-state index contributed by atoms with van der Waals surface area (Å²) < 4.78 is 12.2. The molecular formula is C29H40N2O3Si. The highest BCUT2D eigenvalue weighted by Gasteiger charge is 2.41. The normalized spacial score (nSPS) is 18.2. The Bertz CT molecular complexity index is 1140. The van der Waals surface area contributed by atoms with Gasteiger partial charge in [0.2, 0.25) is 5.91 Å². The Morgan fingerprint density at radius 2 is 1.89 bits per heavy atom. The molecule has 0 radical (unpaired) electrons. The van der Waals surface area contributed by atoms with Gasteiger partial charge >= 0.3 is 0 Å². The maximum Gasteiger partial charge on any atom is 0.227 e. The highest BCUT2D eigenvalue weighted by atomic mass is 28.4. The summed E-state index contributed by atoms with van der Waals surface area (Å²) in [6, 6.07) is 18.2. The van der Waals surface area contributed by atoms with Gasteiger partial charge in [-0.3, -0.25) is 9.69 Å². The molecule has 0 aliphatic carbocycles. The largest absolute Gasteiger partial charge is 0.464 e. The molecule has 0 N–H and O–H groups in total. The van der Waals surface area contributed by atoms with Crippen molar-refractivity contribution < 1.29 is 13.6 Å². The quantitative estimate of drug-likeness (QED) is 0.348. The Hall–Kier alpha value is -2.41. The number of furan rings is 1. The number of hydrogen-bond donors (Lipinski definition) is 0. The molecular weight excluding hydrogens is 452 g/mol. The summed E-state index contributed by atoms with van der Waals surface area (Å²) in [5.74, 6) is 0.112. The van der Waals surface area contributed by atoms with Crippen molar-refractivity contribution in [3.63, 3.8) is 0 Å². The van der Waals surface area contributed by atoms with Crippen molar-refractivity contribution in [3.05, 3.63) is 72.0 Å². The number of hydrogen-bond acceptors (Lipinski definition) is 4. The van der Waals surface area contributed by atoms with Gasteiger partial charge in [0.05, 0.1) is 24.8 Å². The van der Waals surface area contributed by atoms with Crippen LogP contribution >= 0.6 is 0 Å². The lowest BCUT2D eigenvalue weighted by molar-refractivity contribution is -0.131. The van der Waals surface area contributed by atoms with Crippen molar-refractivity contribution in [2.24, 2.45) is 0 Å². The average molecular weight is 493 g/mol. The van der Waals surface area contributed by atoms with Crippen molar-refractivity contribution in [1.29, 1.82) is 0 Å². The molecule has 4 rings (SSSR count). The number of benzene rings is 2. The van der Waals surface area contributed by atoms with Gasteiger partial charge in [-0.1, -0.05) is 63.2 Å². The number of fused-ring (bicyclic) bond motifs is 1. The van der Waals surface area contributed by atoms with Crippen LogP contribution in [0.4, 0.5) is 0 Å². The van der Waals surface area contributed by atoms with Gasteiger partial charge in [0, 0.05) is 32.1 Å². The summed E-state index contributed by atoms with van der Waals surface area (Å²) in [5, 5.41) is 1.22. The smallest absolute Gasteiger partial charge is 0.227 e. The van der Waals surface area contributed by atoms with E-state index in [1.54, 1.807) is 6.26 Å². The molecule has 1 aliphatic rings. The molecule has 0 bridgehead atoms. The number of likely N-dealkylation sites (tertiary alicyclic amines) is 1. The molecule has 35 heavy (non-hydrogen) atoms. The van der Waals surface area contributed by atoms with Crippen LogP contribution in [0.15, 0.2) is 65.3 Å². The van der Waals surface area contributed by atoms with E-state index < -0.39 is 8.32 Å². The summed E-state index contributed by atoms with van der Waals surface area (Å²) in [7, 11) is 0.138. The minimum Gasteiger partial charge on any atom is -0.464 e. The minimum absolute atomic E-state index is 0.0149. The predicted octanol–water partition coefficient (Wildman–Crippen LogP) is 6.27. The monoisotopic (exact) mass is 492 g/mol.